The Morgan fingerprint density at radius 1 is 0.500 bits per heavy atom. The Hall–Kier alpha value is -4.42. The minimum atomic E-state index is 0.821. The lowest BCUT2D eigenvalue weighted by molar-refractivity contribution is -0.657. The van der Waals surface area contributed by atoms with E-state index in [0.717, 1.165) is 75.6 Å². The van der Waals surface area contributed by atoms with Gasteiger partial charge in [0.05, 0.1) is 53.0 Å². The first kappa shape index (κ1) is 33.5. The van der Waals surface area contributed by atoms with Crippen molar-refractivity contribution in [1.29, 1.82) is 0 Å². The molecule has 12 nitrogen and oxygen atoms in total. The van der Waals surface area contributed by atoms with Crippen molar-refractivity contribution in [2.24, 2.45) is 48.6 Å². The molecule has 2 saturated heterocycles. The molecular weight excluding hydrogens is 600 g/mol. The number of benzene rings is 2. The van der Waals surface area contributed by atoms with Crippen molar-refractivity contribution in [1.82, 2.24) is 18.9 Å². The van der Waals surface area contributed by atoms with Crippen molar-refractivity contribution in [3.8, 4) is 0 Å². The molecule has 0 N–H and O–H groups in total. The van der Waals surface area contributed by atoms with Gasteiger partial charge < -0.3 is 9.80 Å². The maximum absolute atomic E-state index is 4.43. The van der Waals surface area contributed by atoms with Crippen LogP contribution in [0.2, 0.25) is 0 Å². The summed E-state index contributed by atoms with van der Waals surface area (Å²) in [5, 5.41) is 17.7. The van der Waals surface area contributed by atoms with Gasteiger partial charge in [-0.3, -0.25) is 9.80 Å². The predicted octanol–water partition coefficient (Wildman–Crippen LogP) is 5.35. The second-order valence-corrected chi connectivity index (χ2v) is 13.1. The van der Waals surface area contributed by atoms with E-state index in [2.05, 4.69) is 88.6 Å². The van der Waals surface area contributed by atoms with Gasteiger partial charge in [0.25, 0.3) is 0 Å². The molecule has 0 spiro atoms. The molecular formula is C36H52N12+2. The van der Waals surface area contributed by atoms with E-state index in [9.17, 15) is 0 Å². The summed E-state index contributed by atoms with van der Waals surface area (Å²) >= 11 is 0. The molecule has 0 aliphatic carbocycles. The van der Waals surface area contributed by atoms with Gasteiger partial charge in [0, 0.05) is 74.0 Å². The second kappa shape index (κ2) is 16.1. The third-order valence-electron chi connectivity index (χ3n) is 9.67. The molecule has 2 aliphatic heterocycles. The number of aryl methyl sites for hydroxylation is 4. The Labute approximate surface area is 285 Å². The lowest BCUT2D eigenvalue weighted by Crippen LogP contribution is -2.46. The lowest BCUT2D eigenvalue weighted by Gasteiger charge is -2.36. The van der Waals surface area contributed by atoms with Crippen molar-refractivity contribution in [2.75, 3.05) is 75.2 Å². The van der Waals surface area contributed by atoms with Crippen LogP contribution in [0.15, 0.2) is 93.8 Å². The standard InChI is InChI=1S/C36H52N12/c1-41-19-20-42(2)35(41)39-37-31-9-13-33(14-10-31)47-27-23-45(24-28-47)17-7-5-6-8-18-46-25-29-48(30-26-46)34-15-11-32(12-16-34)38-40-36-43(3)21-22-44(36)4/h9-16,19-22H,5-8,17-18,23-30H2,1-4H3/q+2. The number of rotatable bonds is 13. The average Bonchev–Trinajstić information content (AvgIpc) is 3.62. The molecule has 4 aromatic rings. The minimum absolute atomic E-state index is 0.821. The van der Waals surface area contributed by atoms with E-state index in [4.69, 9.17) is 0 Å². The highest BCUT2D eigenvalue weighted by atomic mass is 15.3. The maximum Gasteiger partial charge on any atom is 0.421 e. The van der Waals surface area contributed by atoms with E-state index in [1.54, 1.807) is 0 Å². The summed E-state index contributed by atoms with van der Waals surface area (Å²) in [4.78, 5) is 10.2. The van der Waals surface area contributed by atoms with E-state index in [-0.39, 0.29) is 0 Å². The van der Waals surface area contributed by atoms with Gasteiger partial charge >= 0.3 is 11.9 Å². The van der Waals surface area contributed by atoms with Crippen LogP contribution in [-0.4, -0.2) is 84.4 Å². The van der Waals surface area contributed by atoms with Crippen LogP contribution >= 0.6 is 0 Å². The zero-order valence-corrected chi connectivity index (χ0v) is 29.2. The number of piperazine rings is 2. The smallest absolute Gasteiger partial charge is 0.369 e. The Kier molecular flexibility index (Phi) is 11.2. The molecule has 0 saturated carbocycles. The highest BCUT2D eigenvalue weighted by Gasteiger charge is 2.19. The van der Waals surface area contributed by atoms with E-state index in [1.807, 2.05) is 71.2 Å². The number of imidazole rings is 2. The van der Waals surface area contributed by atoms with Crippen LogP contribution in [0.5, 0.6) is 0 Å². The molecule has 0 unspecified atom stereocenters. The quantitative estimate of drug-likeness (QED) is 0.111. The fourth-order valence-electron chi connectivity index (χ4n) is 6.60. The molecule has 2 aromatic carbocycles. The minimum Gasteiger partial charge on any atom is -0.369 e. The third-order valence-corrected chi connectivity index (χ3v) is 9.67. The summed E-state index contributed by atoms with van der Waals surface area (Å²) in [5.74, 6) is 1.64. The molecule has 0 atom stereocenters. The number of hydrogen-bond donors (Lipinski definition) is 0. The number of unbranched alkanes of at least 4 members (excludes halogenated alkanes) is 3. The van der Waals surface area contributed by atoms with Crippen LogP contribution in [-0.2, 0) is 28.2 Å². The van der Waals surface area contributed by atoms with Gasteiger partial charge in [0.15, 0.2) is 0 Å². The highest BCUT2D eigenvalue weighted by molar-refractivity contribution is 5.54. The Morgan fingerprint density at radius 3 is 1.21 bits per heavy atom. The molecule has 2 fully saturated rings. The molecule has 4 heterocycles. The van der Waals surface area contributed by atoms with Crippen molar-refractivity contribution >= 4 is 34.6 Å². The third kappa shape index (κ3) is 8.73. The first-order valence-corrected chi connectivity index (χ1v) is 17.4. The fourth-order valence-corrected chi connectivity index (χ4v) is 6.60. The molecule has 254 valence electrons. The SMILES string of the molecule is Cn1cc[n+](C)c1/N=N/c1ccc(N2CCN(CCCCCCN3CCN(c4ccc(/N=N/c5n(C)cc[n+]5C)cc4)CC3)CC2)cc1. The summed E-state index contributed by atoms with van der Waals surface area (Å²) < 4.78 is 7.85. The average molecular weight is 653 g/mol. The number of aromatic nitrogens is 4. The molecule has 0 radical (unpaired) electrons. The van der Waals surface area contributed by atoms with Crippen LogP contribution in [0, 0.1) is 0 Å². The molecule has 2 aliphatic rings. The van der Waals surface area contributed by atoms with E-state index >= 15 is 0 Å². The Morgan fingerprint density at radius 2 is 0.875 bits per heavy atom. The highest BCUT2D eigenvalue weighted by Crippen LogP contribution is 2.24. The first-order valence-electron chi connectivity index (χ1n) is 17.4. The van der Waals surface area contributed by atoms with Crippen LogP contribution in [0.25, 0.3) is 0 Å². The molecule has 2 aromatic heterocycles. The van der Waals surface area contributed by atoms with E-state index in [1.165, 1.54) is 50.1 Å². The zero-order valence-electron chi connectivity index (χ0n) is 29.2. The van der Waals surface area contributed by atoms with Crippen molar-refractivity contribution in [3.05, 3.63) is 73.3 Å². The van der Waals surface area contributed by atoms with Gasteiger partial charge in [-0.15, -0.1) is 0 Å². The lowest BCUT2D eigenvalue weighted by atomic mass is 10.1. The van der Waals surface area contributed by atoms with Gasteiger partial charge in [-0.25, -0.2) is 18.3 Å². The first-order chi connectivity index (χ1) is 23.4. The molecule has 6 rings (SSSR count). The van der Waals surface area contributed by atoms with Gasteiger partial charge in [0.1, 0.15) is 11.4 Å². The second-order valence-electron chi connectivity index (χ2n) is 13.1. The zero-order chi connectivity index (χ0) is 33.3. The molecule has 48 heavy (non-hydrogen) atoms. The Bertz CT molecular complexity index is 1470. The van der Waals surface area contributed by atoms with Gasteiger partial charge in [0.2, 0.25) is 0 Å². The number of hydrogen-bond acceptors (Lipinski definition) is 8. The summed E-state index contributed by atoms with van der Waals surface area (Å²) in [7, 11) is 7.91. The molecule has 0 amide bonds. The number of nitrogens with zero attached hydrogens (tertiary/aromatic N) is 12. The van der Waals surface area contributed by atoms with Gasteiger partial charge in [-0.2, -0.15) is 0 Å². The largest absolute Gasteiger partial charge is 0.421 e. The van der Waals surface area contributed by atoms with Gasteiger partial charge in [-0.1, -0.05) is 23.1 Å². The van der Waals surface area contributed by atoms with Gasteiger partial charge in [-0.05, 0) is 74.5 Å². The Balaban J connectivity index is 0.817. The van der Waals surface area contributed by atoms with Crippen molar-refractivity contribution in [3.63, 3.8) is 0 Å². The van der Waals surface area contributed by atoms with Crippen LogP contribution in [0.1, 0.15) is 25.7 Å². The van der Waals surface area contributed by atoms with Crippen LogP contribution in [0.4, 0.5) is 34.6 Å². The summed E-state index contributed by atoms with van der Waals surface area (Å²) in [6, 6.07) is 17.0. The van der Waals surface area contributed by atoms with Crippen molar-refractivity contribution < 1.29 is 9.13 Å². The maximum atomic E-state index is 4.43. The summed E-state index contributed by atoms with van der Waals surface area (Å²) in [5.41, 5.74) is 4.29. The number of anilines is 2. The molecule has 12 heteroatoms. The summed E-state index contributed by atoms with van der Waals surface area (Å²) in [6.07, 6.45) is 13.2. The van der Waals surface area contributed by atoms with E-state index < -0.39 is 0 Å². The fraction of sp³-hybridized carbons (Fsp3) is 0.500. The topological polar surface area (TPSA) is 80.0 Å². The normalized spacial score (nSPS) is 16.6. The van der Waals surface area contributed by atoms with Crippen molar-refractivity contribution in [2.45, 2.75) is 25.7 Å². The number of azo groups is 2. The van der Waals surface area contributed by atoms with E-state index in [0.29, 0.717) is 0 Å². The van der Waals surface area contributed by atoms with Crippen LogP contribution in [0.3, 0.4) is 0 Å². The summed E-state index contributed by atoms with van der Waals surface area (Å²) in [6.45, 7) is 11.3. The molecule has 0 bridgehead atoms. The van der Waals surface area contributed by atoms with Crippen LogP contribution < -0.4 is 18.9 Å². The monoisotopic (exact) mass is 652 g/mol. The predicted molar refractivity (Wildman–Crippen MR) is 190 cm³/mol.